The van der Waals surface area contributed by atoms with E-state index in [-0.39, 0.29) is 11.3 Å². The van der Waals surface area contributed by atoms with Gasteiger partial charge in [-0.1, -0.05) is 32.9 Å². The van der Waals surface area contributed by atoms with Gasteiger partial charge in [0.15, 0.2) is 5.69 Å². The lowest BCUT2D eigenvalue weighted by molar-refractivity contribution is 0.0987. The summed E-state index contributed by atoms with van der Waals surface area (Å²) < 4.78 is 1.93. The SMILES string of the molecule is CN(C(=O)c1ccn(C2CCCNC2)n1)c1ccc(C(C)(C)C)cc1. The summed E-state index contributed by atoms with van der Waals surface area (Å²) >= 11 is 0. The van der Waals surface area contributed by atoms with E-state index in [9.17, 15) is 4.79 Å². The Kier molecular flexibility index (Phi) is 4.95. The number of hydrogen-bond donors (Lipinski definition) is 1. The van der Waals surface area contributed by atoms with Crippen LogP contribution >= 0.6 is 0 Å². The molecule has 2 heterocycles. The van der Waals surface area contributed by atoms with E-state index in [2.05, 4.69) is 43.3 Å². The summed E-state index contributed by atoms with van der Waals surface area (Å²) in [4.78, 5) is 14.4. The monoisotopic (exact) mass is 340 g/mol. The van der Waals surface area contributed by atoms with Crippen LogP contribution in [0.1, 0.15) is 55.7 Å². The van der Waals surface area contributed by atoms with Crippen LogP contribution in [0, 0.1) is 0 Å². The van der Waals surface area contributed by atoms with Crippen molar-refractivity contribution in [3.05, 3.63) is 47.8 Å². The van der Waals surface area contributed by atoms with Crippen molar-refractivity contribution >= 4 is 11.6 Å². The van der Waals surface area contributed by atoms with Crippen LogP contribution in [0.2, 0.25) is 0 Å². The minimum atomic E-state index is -0.0778. The fraction of sp³-hybridized carbons (Fsp3) is 0.500. The van der Waals surface area contributed by atoms with E-state index in [1.165, 1.54) is 5.56 Å². The molecule has 1 aliphatic rings. The zero-order valence-corrected chi connectivity index (χ0v) is 15.6. The Hall–Kier alpha value is -2.14. The van der Waals surface area contributed by atoms with Crippen molar-refractivity contribution < 1.29 is 4.79 Å². The molecule has 1 amide bonds. The van der Waals surface area contributed by atoms with Crippen molar-refractivity contribution in [2.75, 3.05) is 25.0 Å². The fourth-order valence-corrected chi connectivity index (χ4v) is 3.19. The molecule has 25 heavy (non-hydrogen) atoms. The van der Waals surface area contributed by atoms with Gasteiger partial charge in [0, 0.05) is 25.5 Å². The van der Waals surface area contributed by atoms with E-state index in [0.717, 1.165) is 31.6 Å². The number of anilines is 1. The maximum absolute atomic E-state index is 12.8. The maximum Gasteiger partial charge on any atom is 0.278 e. The van der Waals surface area contributed by atoms with Gasteiger partial charge in [0.2, 0.25) is 0 Å². The quantitative estimate of drug-likeness (QED) is 0.932. The number of aromatic nitrogens is 2. The molecule has 3 rings (SSSR count). The second kappa shape index (κ2) is 7.00. The molecule has 0 spiro atoms. The van der Waals surface area contributed by atoms with E-state index in [1.807, 2.05) is 29.1 Å². The molecule has 5 heteroatoms. The van der Waals surface area contributed by atoms with Gasteiger partial charge >= 0.3 is 0 Å². The summed E-state index contributed by atoms with van der Waals surface area (Å²) in [5, 5.41) is 7.90. The van der Waals surface area contributed by atoms with Crippen molar-refractivity contribution in [2.24, 2.45) is 0 Å². The Morgan fingerprint density at radius 1 is 1.24 bits per heavy atom. The highest BCUT2D eigenvalue weighted by Gasteiger charge is 2.21. The van der Waals surface area contributed by atoms with Crippen molar-refractivity contribution in [2.45, 2.75) is 45.1 Å². The summed E-state index contributed by atoms with van der Waals surface area (Å²) in [5.41, 5.74) is 2.74. The Morgan fingerprint density at radius 2 is 1.96 bits per heavy atom. The Morgan fingerprint density at radius 3 is 2.56 bits per heavy atom. The molecule has 1 aromatic heterocycles. The maximum atomic E-state index is 12.8. The molecular formula is C20H28N4O. The third-order valence-corrected chi connectivity index (χ3v) is 4.90. The van der Waals surface area contributed by atoms with E-state index in [0.29, 0.717) is 11.7 Å². The minimum absolute atomic E-state index is 0.0778. The lowest BCUT2D eigenvalue weighted by Crippen LogP contribution is -2.32. The number of nitrogens with zero attached hydrogens (tertiary/aromatic N) is 3. The number of amides is 1. The summed E-state index contributed by atoms with van der Waals surface area (Å²) in [6.45, 7) is 8.53. The van der Waals surface area contributed by atoms with Gasteiger partial charge in [-0.2, -0.15) is 5.10 Å². The first-order chi connectivity index (χ1) is 11.9. The number of hydrogen-bond acceptors (Lipinski definition) is 3. The number of nitrogens with one attached hydrogen (secondary N) is 1. The van der Waals surface area contributed by atoms with E-state index in [4.69, 9.17) is 0 Å². The average molecular weight is 340 g/mol. The molecule has 1 N–H and O–H groups in total. The molecule has 1 aliphatic heterocycles. The second-order valence-corrected chi connectivity index (χ2v) is 7.84. The average Bonchev–Trinajstić information content (AvgIpc) is 3.11. The number of rotatable bonds is 3. The van der Waals surface area contributed by atoms with Crippen molar-refractivity contribution in [1.82, 2.24) is 15.1 Å². The van der Waals surface area contributed by atoms with E-state index in [1.54, 1.807) is 11.9 Å². The highest BCUT2D eigenvalue weighted by atomic mass is 16.2. The van der Waals surface area contributed by atoms with Crippen LogP contribution in [0.5, 0.6) is 0 Å². The molecule has 1 aromatic carbocycles. The third-order valence-electron chi connectivity index (χ3n) is 4.90. The highest BCUT2D eigenvalue weighted by molar-refractivity contribution is 6.04. The lowest BCUT2D eigenvalue weighted by Gasteiger charge is -2.23. The molecule has 0 aliphatic carbocycles. The van der Waals surface area contributed by atoms with Crippen LogP contribution in [0.3, 0.4) is 0 Å². The van der Waals surface area contributed by atoms with Crippen molar-refractivity contribution in [1.29, 1.82) is 0 Å². The molecule has 2 aromatic rings. The van der Waals surface area contributed by atoms with Gasteiger partial charge in [0.25, 0.3) is 5.91 Å². The van der Waals surface area contributed by atoms with Gasteiger partial charge in [-0.15, -0.1) is 0 Å². The molecule has 0 saturated carbocycles. The van der Waals surface area contributed by atoms with Crippen LogP contribution < -0.4 is 10.2 Å². The first kappa shape index (κ1) is 17.7. The molecular weight excluding hydrogens is 312 g/mol. The standard InChI is InChI=1S/C20H28N4O/c1-20(2,3)15-7-9-16(10-8-15)23(4)19(25)18-11-13-24(22-18)17-6-5-12-21-14-17/h7-11,13,17,21H,5-6,12,14H2,1-4H3. The van der Waals surface area contributed by atoms with Gasteiger partial charge in [-0.3, -0.25) is 9.48 Å². The molecule has 1 fully saturated rings. The highest BCUT2D eigenvalue weighted by Crippen LogP contribution is 2.25. The minimum Gasteiger partial charge on any atom is -0.315 e. The first-order valence-electron chi connectivity index (χ1n) is 9.01. The zero-order chi connectivity index (χ0) is 18.0. The predicted octanol–water partition coefficient (Wildman–Crippen LogP) is 3.38. The molecule has 5 nitrogen and oxygen atoms in total. The van der Waals surface area contributed by atoms with Gasteiger partial charge < -0.3 is 10.2 Å². The van der Waals surface area contributed by atoms with Crippen LogP contribution in [-0.4, -0.2) is 35.8 Å². The number of benzene rings is 1. The Labute approximate surface area is 150 Å². The van der Waals surface area contributed by atoms with Crippen LogP contribution in [0.4, 0.5) is 5.69 Å². The Bertz CT molecular complexity index is 721. The van der Waals surface area contributed by atoms with Crippen LogP contribution in [0.15, 0.2) is 36.5 Å². The topological polar surface area (TPSA) is 50.2 Å². The molecule has 0 bridgehead atoms. The van der Waals surface area contributed by atoms with E-state index < -0.39 is 0 Å². The summed E-state index contributed by atoms with van der Waals surface area (Å²) in [6, 6.07) is 10.3. The summed E-state index contributed by atoms with van der Waals surface area (Å²) in [7, 11) is 1.80. The van der Waals surface area contributed by atoms with E-state index >= 15 is 0 Å². The third kappa shape index (κ3) is 3.93. The number of carbonyl (C=O) groups excluding carboxylic acids is 1. The van der Waals surface area contributed by atoms with Crippen LogP contribution in [0.25, 0.3) is 0 Å². The van der Waals surface area contributed by atoms with Gasteiger partial charge in [0.1, 0.15) is 0 Å². The summed E-state index contributed by atoms with van der Waals surface area (Å²) in [6.07, 6.45) is 4.17. The van der Waals surface area contributed by atoms with Crippen molar-refractivity contribution in [3.8, 4) is 0 Å². The van der Waals surface area contributed by atoms with Gasteiger partial charge in [-0.25, -0.2) is 0 Å². The molecule has 1 saturated heterocycles. The largest absolute Gasteiger partial charge is 0.315 e. The van der Waals surface area contributed by atoms with Gasteiger partial charge in [0.05, 0.1) is 6.04 Å². The number of piperidine rings is 1. The van der Waals surface area contributed by atoms with Crippen LogP contribution in [-0.2, 0) is 5.41 Å². The lowest BCUT2D eigenvalue weighted by atomic mass is 9.87. The normalized spacial score (nSPS) is 18.2. The molecule has 1 atom stereocenters. The fourth-order valence-electron chi connectivity index (χ4n) is 3.19. The predicted molar refractivity (Wildman–Crippen MR) is 101 cm³/mol. The molecule has 134 valence electrons. The first-order valence-corrected chi connectivity index (χ1v) is 9.01. The van der Waals surface area contributed by atoms with Crippen molar-refractivity contribution in [3.63, 3.8) is 0 Å². The number of carbonyl (C=O) groups is 1. The Balaban J connectivity index is 1.73. The second-order valence-electron chi connectivity index (χ2n) is 7.84. The smallest absolute Gasteiger partial charge is 0.278 e. The molecule has 1 unspecified atom stereocenters. The molecule has 0 radical (unpaired) electrons. The summed E-state index contributed by atoms with van der Waals surface area (Å²) in [5.74, 6) is -0.0778. The zero-order valence-electron chi connectivity index (χ0n) is 15.6. The van der Waals surface area contributed by atoms with Gasteiger partial charge in [-0.05, 0) is 48.6 Å².